The number of carboxylic acids is 1. The topological polar surface area (TPSA) is 76.1 Å². The van der Waals surface area contributed by atoms with E-state index >= 15 is 0 Å². The van der Waals surface area contributed by atoms with E-state index < -0.39 is 5.97 Å². The van der Waals surface area contributed by atoms with Crippen molar-refractivity contribution in [2.45, 2.75) is 25.8 Å². The van der Waals surface area contributed by atoms with Crippen LogP contribution in [0.3, 0.4) is 0 Å². The third kappa shape index (κ3) is 7.10. The molecule has 1 amide bonds. The van der Waals surface area contributed by atoms with Gasteiger partial charge in [0, 0.05) is 24.7 Å². The normalized spacial score (nSPS) is 10.5. The molecule has 0 aliphatic rings. The number of carbonyl (C=O) groups excluding carboxylic acids is 1. The highest BCUT2D eigenvalue weighted by Gasteiger charge is 2.18. The van der Waals surface area contributed by atoms with E-state index in [-0.39, 0.29) is 12.3 Å². The first-order chi connectivity index (χ1) is 16.0. The van der Waals surface area contributed by atoms with Crippen molar-refractivity contribution in [1.82, 2.24) is 4.90 Å². The Morgan fingerprint density at radius 2 is 1.42 bits per heavy atom. The number of nitrogens with zero attached hydrogens (tertiary/aromatic N) is 1. The Labute approximate surface area is 194 Å². The number of amides is 1. The predicted molar refractivity (Wildman–Crippen MR) is 127 cm³/mol. The number of aryl methyl sites for hydroxylation is 1. The van der Waals surface area contributed by atoms with Crippen LogP contribution in [0.2, 0.25) is 0 Å². The second-order valence-corrected chi connectivity index (χ2v) is 7.80. The molecule has 3 aromatic rings. The Hall–Kier alpha value is -3.80. The second kappa shape index (κ2) is 11.7. The van der Waals surface area contributed by atoms with Crippen molar-refractivity contribution in [3.63, 3.8) is 0 Å². The number of carbonyl (C=O) groups is 2. The molecule has 172 valence electrons. The Kier molecular flexibility index (Phi) is 8.47. The molecule has 1 N–H and O–H groups in total. The number of hydrogen-bond acceptors (Lipinski definition) is 4. The lowest BCUT2D eigenvalue weighted by Gasteiger charge is -2.24. The summed E-state index contributed by atoms with van der Waals surface area (Å²) in [5.41, 5.74) is 3.39. The molecule has 0 radical (unpaired) electrons. The van der Waals surface area contributed by atoms with Crippen LogP contribution in [0, 0.1) is 0 Å². The smallest absolute Gasteiger partial charge is 0.307 e. The van der Waals surface area contributed by atoms with E-state index in [4.69, 9.17) is 14.6 Å². The third-order valence-electron chi connectivity index (χ3n) is 5.37. The number of ether oxygens (including phenoxy) is 2. The maximum absolute atomic E-state index is 13.5. The molecular formula is C27H29NO5. The molecule has 3 rings (SSSR count). The molecule has 0 aromatic heterocycles. The van der Waals surface area contributed by atoms with Gasteiger partial charge in [-0.05, 0) is 41.7 Å². The highest BCUT2D eigenvalue weighted by atomic mass is 16.5. The number of aliphatic carboxylic acids is 1. The highest BCUT2D eigenvalue weighted by Crippen LogP contribution is 2.24. The van der Waals surface area contributed by atoms with Gasteiger partial charge in [-0.25, -0.2) is 0 Å². The summed E-state index contributed by atoms with van der Waals surface area (Å²) >= 11 is 0. The maximum atomic E-state index is 13.5. The van der Waals surface area contributed by atoms with E-state index in [0.29, 0.717) is 30.2 Å². The lowest BCUT2D eigenvalue weighted by Crippen LogP contribution is -2.32. The number of methoxy groups -OCH3 is 2. The van der Waals surface area contributed by atoms with Crippen molar-refractivity contribution in [3.05, 3.63) is 95.1 Å². The summed E-state index contributed by atoms with van der Waals surface area (Å²) in [6, 6.07) is 22.7. The molecule has 3 aromatic carbocycles. The molecule has 0 bridgehead atoms. The van der Waals surface area contributed by atoms with Gasteiger partial charge in [-0.3, -0.25) is 9.59 Å². The fraction of sp³-hybridized carbons (Fsp3) is 0.259. The Morgan fingerprint density at radius 1 is 0.818 bits per heavy atom. The van der Waals surface area contributed by atoms with Crippen LogP contribution in [0.15, 0.2) is 72.8 Å². The van der Waals surface area contributed by atoms with Gasteiger partial charge in [-0.15, -0.1) is 0 Å². The summed E-state index contributed by atoms with van der Waals surface area (Å²) in [5, 5.41) is 8.98. The standard InChI is InChI=1S/C27H29NO5/c1-32-24-16-23(17-25(18-24)33-2)27(31)28(14-6-9-20-7-4-3-5-8-20)19-22-12-10-21(11-13-22)15-26(29)30/h3-5,7-8,10-13,16-18H,6,9,14-15,19H2,1-2H3,(H,29,30). The molecule has 0 saturated carbocycles. The fourth-order valence-corrected chi connectivity index (χ4v) is 3.64. The van der Waals surface area contributed by atoms with E-state index in [1.807, 2.05) is 35.2 Å². The summed E-state index contributed by atoms with van der Waals surface area (Å²) in [5.74, 6) is 0.127. The number of carboxylic acid groups (broad SMARTS) is 1. The minimum absolute atomic E-state index is 0.0242. The van der Waals surface area contributed by atoms with E-state index in [1.165, 1.54) is 5.56 Å². The van der Waals surface area contributed by atoms with Crippen molar-refractivity contribution in [3.8, 4) is 11.5 Å². The van der Waals surface area contributed by atoms with Crippen LogP contribution < -0.4 is 9.47 Å². The molecule has 0 saturated heterocycles. The van der Waals surface area contributed by atoms with Crippen molar-refractivity contribution in [2.24, 2.45) is 0 Å². The van der Waals surface area contributed by atoms with Crippen molar-refractivity contribution in [2.75, 3.05) is 20.8 Å². The van der Waals surface area contributed by atoms with Crippen LogP contribution >= 0.6 is 0 Å². The Bertz CT molecular complexity index is 1040. The van der Waals surface area contributed by atoms with Gasteiger partial charge < -0.3 is 19.5 Å². The van der Waals surface area contributed by atoms with Crippen LogP contribution in [0.1, 0.15) is 33.5 Å². The SMILES string of the molecule is COc1cc(OC)cc(C(=O)N(CCCc2ccccc2)Cc2ccc(CC(=O)O)cc2)c1. The van der Waals surface area contributed by atoms with Crippen LogP contribution in [0.4, 0.5) is 0 Å². The highest BCUT2D eigenvalue weighted by molar-refractivity contribution is 5.95. The molecule has 0 atom stereocenters. The van der Waals surface area contributed by atoms with Crippen LogP contribution in [0.25, 0.3) is 0 Å². The Morgan fingerprint density at radius 3 is 2.00 bits per heavy atom. The molecule has 0 aliphatic heterocycles. The van der Waals surface area contributed by atoms with E-state index in [9.17, 15) is 9.59 Å². The molecule has 6 heteroatoms. The first kappa shape index (κ1) is 23.9. The van der Waals surface area contributed by atoms with Gasteiger partial charge in [0.1, 0.15) is 11.5 Å². The first-order valence-corrected chi connectivity index (χ1v) is 10.8. The van der Waals surface area contributed by atoms with Gasteiger partial charge in [-0.2, -0.15) is 0 Å². The second-order valence-electron chi connectivity index (χ2n) is 7.80. The minimum atomic E-state index is -0.868. The molecule has 0 spiro atoms. The van der Waals surface area contributed by atoms with Gasteiger partial charge in [-0.1, -0.05) is 54.6 Å². The molecule has 0 aliphatic carbocycles. The fourth-order valence-electron chi connectivity index (χ4n) is 3.64. The van der Waals surface area contributed by atoms with Gasteiger partial charge >= 0.3 is 5.97 Å². The van der Waals surface area contributed by atoms with Gasteiger partial charge in [0.25, 0.3) is 5.91 Å². The average Bonchev–Trinajstić information content (AvgIpc) is 2.84. The van der Waals surface area contributed by atoms with Gasteiger partial charge in [0.05, 0.1) is 20.6 Å². The average molecular weight is 448 g/mol. The molecule has 0 unspecified atom stereocenters. The molecule has 0 heterocycles. The zero-order valence-corrected chi connectivity index (χ0v) is 19.0. The van der Waals surface area contributed by atoms with Crippen LogP contribution in [0.5, 0.6) is 11.5 Å². The lowest BCUT2D eigenvalue weighted by atomic mass is 10.1. The third-order valence-corrected chi connectivity index (χ3v) is 5.37. The molecule has 33 heavy (non-hydrogen) atoms. The predicted octanol–water partition coefficient (Wildman–Crippen LogP) is 4.61. The quantitative estimate of drug-likeness (QED) is 0.465. The van der Waals surface area contributed by atoms with Crippen molar-refractivity contribution in [1.29, 1.82) is 0 Å². The lowest BCUT2D eigenvalue weighted by molar-refractivity contribution is -0.136. The summed E-state index contributed by atoms with van der Waals surface area (Å²) < 4.78 is 10.7. The van der Waals surface area contributed by atoms with E-state index in [0.717, 1.165) is 24.0 Å². The zero-order valence-electron chi connectivity index (χ0n) is 19.0. The van der Waals surface area contributed by atoms with Crippen LogP contribution in [-0.4, -0.2) is 42.6 Å². The van der Waals surface area contributed by atoms with Crippen molar-refractivity contribution < 1.29 is 24.2 Å². The van der Waals surface area contributed by atoms with E-state index in [1.54, 1.807) is 44.6 Å². The summed E-state index contributed by atoms with van der Waals surface area (Å²) in [6.07, 6.45) is 1.65. The zero-order chi connectivity index (χ0) is 23.6. The number of hydrogen-bond donors (Lipinski definition) is 1. The number of benzene rings is 3. The van der Waals surface area contributed by atoms with Crippen LogP contribution in [-0.2, 0) is 24.2 Å². The molecule has 6 nitrogen and oxygen atoms in total. The summed E-state index contributed by atoms with van der Waals surface area (Å²) in [4.78, 5) is 26.2. The first-order valence-electron chi connectivity index (χ1n) is 10.8. The number of rotatable bonds is 11. The van der Waals surface area contributed by atoms with E-state index in [2.05, 4.69) is 12.1 Å². The minimum Gasteiger partial charge on any atom is -0.497 e. The Balaban J connectivity index is 1.79. The largest absolute Gasteiger partial charge is 0.497 e. The molecule has 0 fully saturated rings. The van der Waals surface area contributed by atoms with Gasteiger partial charge in [0.15, 0.2) is 0 Å². The van der Waals surface area contributed by atoms with Crippen molar-refractivity contribution >= 4 is 11.9 Å². The van der Waals surface area contributed by atoms with Gasteiger partial charge in [0.2, 0.25) is 0 Å². The summed E-state index contributed by atoms with van der Waals surface area (Å²) in [6.45, 7) is 0.991. The summed E-state index contributed by atoms with van der Waals surface area (Å²) in [7, 11) is 3.11. The molecular weight excluding hydrogens is 418 g/mol. The maximum Gasteiger partial charge on any atom is 0.307 e. The monoisotopic (exact) mass is 447 g/mol.